The second kappa shape index (κ2) is 6.49. The van der Waals surface area contributed by atoms with Crippen molar-refractivity contribution in [2.75, 3.05) is 50.0 Å². The summed E-state index contributed by atoms with van der Waals surface area (Å²) >= 11 is 0. The van der Waals surface area contributed by atoms with E-state index in [1.54, 1.807) is 6.20 Å². The van der Waals surface area contributed by atoms with Crippen LogP contribution in [0.3, 0.4) is 0 Å². The Labute approximate surface area is 113 Å². The first-order chi connectivity index (χ1) is 9.19. The first-order valence-electron chi connectivity index (χ1n) is 6.58. The third-order valence-corrected chi connectivity index (χ3v) is 3.23. The van der Waals surface area contributed by atoms with Gasteiger partial charge in [-0.2, -0.15) is 0 Å². The molecule has 1 aliphatic heterocycles. The summed E-state index contributed by atoms with van der Waals surface area (Å²) in [5, 5.41) is 2.77. The zero-order chi connectivity index (χ0) is 13.7. The molecule has 1 saturated heterocycles. The Balaban J connectivity index is 1.92. The molecule has 19 heavy (non-hydrogen) atoms. The van der Waals surface area contributed by atoms with E-state index in [1.807, 2.05) is 12.1 Å². The molecule has 0 radical (unpaired) electrons. The first-order valence-corrected chi connectivity index (χ1v) is 6.58. The quantitative estimate of drug-likeness (QED) is 0.807. The summed E-state index contributed by atoms with van der Waals surface area (Å²) in [6.07, 6.45) is 2.03. The lowest BCUT2D eigenvalue weighted by atomic mass is 10.3. The maximum Gasteiger partial charge on any atom is 0.225 e. The number of amides is 1. The molecule has 6 nitrogen and oxygen atoms in total. The Morgan fingerprint density at radius 3 is 2.68 bits per heavy atom. The highest BCUT2D eigenvalue weighted by Gasteiger charge is 2.15. The van der Waals surface area contributed by atoms with Gasteiger partial charge >= 0.3 is 0 Å². The van der Waals surface area contributed by atoms with E-state index in [9.17, 15) is 4.79 Å². The van der Waals surface area contributed by atoms with Crippen molar-refractivity contribution in [3.63, 3.8) is 0 Å². The number of nitrogens with two attached hydrogens (primary N) is 1. The van der Waals surface area contributed by atoms with E-state index in [-0.39, 0.29) is 5.91 Å². The largest absolute Gasteiger partial charge is 0.354 e. The molecule has 6 heteroatoms. The predicted octanol–water partition coefficient (Wildman–Crippen LogP) is 0.121. The highest BCUT2D eigenvalue weighted by atomic mass is 16.1. The molecule has 0 unspecified atom stereocenters. The molecule has 104 valence electrons. The molecule has 1 aromatic rings. The zero-order valence-corrected chi connectivity index (χ0v) is 11.3. The molecule has 0 saturated carbocycles. The maximum absolute atomic E-state index is 11.4. The first kappa shape index (κ1) is 13.8. The molecule has 2 rings (SSSR count). The van der Waals surface area contributed by atoms with E-state index in [0.29, 0.717) is 13.0 Å². The molecule has 0 aromatic carbocycles. The third-order valence-electron chi connectivity index (χ3n) is 3.23. The van der Waals surface area contributed by atoms with Gasteiger partial charge in [0.05, 0.1) is 11.9 Å². The Bertz CT molecular complexity index is 412. The minimum atomic E-state index is -0.0725. The van der Waals surface area contributed by atoms with Crippen LogP contribution in [-0.4, -0.2) is 55.6 Å². The number of rotatable bonds is 4. The summed E-state index contributed by atoms with van der Waals surface area (Å²) in [6, 6.07) is 3.83. The Morgan fingerprint density at radius 2 is 2.11 bits per heavy atom. The zero-order valence-electron chi connectivity index (χ0n) is 11.3. The minimum Gasteiger partial charge on any atom is -0.354 e. The van der Waals surface area contributed by atoms with Gasteiger partial charge < -0.3 is 20.9 Å². The van der Waals surface area contributed by atoms with Crippen LogP contribution < -0.4 is 16.0 Å². The fraction of sp³-hybridized carbons (Fsp3) is 0.538. The van der Waals surface area contributed by atoms with E-state index in [1.165, 1.54) is 0 Å². The fourth-order valence-electron chi connectivity index (χ4n) is 2.04. The van der Waals surface area contributed by atoms with Gasteiger partial charge in [-0.15, -0.1) is 0 Å². The Morgan fingerprint density at radius 1 is 1.37 bits per heavy atom. The topological polar surface area (TPSA) is 74.5 Å². The number of nitrogens with zero attached hydrogens (tertiary/aromatic N) is 3. The number of nitrogens with one attached hydrogen (secondary N) is 1. The van der Waals surface area contributed by atoms with Crippen molar-refractivity contribution >= 4 is 17.4 Å². The van der Waals surface area contributed by atoms with Crippen LogP contribution in [0.2, 0.25) is 0 Å². The lowest BCUT2D eigenvalue weighted by molar-refractivity contribution is -0.116. The van der Waals surface area contributed by atoms with Crippen molar-refractivity contribution in [2.45, 2.75) is 6.42 Å². The van der Waals surface area contributed by atoms with Gasteiger partial charge in [0.1, 0.15) is 5.82 Å². The van der Waals surface area contributed by atoms with Gasteiger partial charge in [0.15, 0.2) is 0 Å². The molecular weight excluding hydrogens is 242 g/mol. The molecule has 0 atom stereocenters. The van der Waals surface area contributed by atoms with Crippen LogP contribution in [0.1, 0.15) is 6.42 Å². The smallest absolute Gasteiger partial charge is 0.225 e. The van der Waals surface area contributed by atoms with E-state index in [4.69, 9.17) is 5.73 Å². The molecule has 1 fully saturated rings. The lowest BCUT2D eigenvalue weighted by Crippen LogP contribution is -2.44. The third kappa shape index (κ3) is 3.90. The van der Waals surface area contributed by atoms with E-state index in [2.05, 4.69) is 27.1 Å². The van der Waals surface area contributed by atoms with Crippen LogP contribution in [0.4, 0.5) is 11.5 Å². The van der Waals surface area contributed by atoms with Crippen molar-refractivity contribution in [1.82, 2.24) is 9.88 Å². The van der Waals surface area contributed by atoms with Gasteiger partial charge in [0.25, 0.3) is 0 Å². The second-order valence-electron chi connectivity index (χ2n) is 4.78. The molecular formula is C13H21N5O. The van der Waals surface area contributed by atoms with Crippen molar-refractivity contribution in [1.29, 1.82) is 0 Å². The second-order valence-corrected chi connectivity index (χ2v) is 4.78. The summed E-state index contributed by atoms with van der Waals surface area (Å²) in [5.74, 6) is 0.890. The number of piperazine rings is 1. The SMILES string of the molecule is CN1CCN(c2ccc(NC(=O)CCN)cn2)CC1. The normalized spacial score (nSPS) is 16.4. The van der Waals surface area contributed by atoms with Crippen LogP contribution in [0.25, 0.3) is 0 Å². The van der Waals surface area contributed by atoms with Gasteiger partial charge in [0, 0.05) is 39.1 Å². The number of carbonyl (C=O) groups is 1. The summed E-state index contributed by atoms with van der Waals surface area (Å²) in [5.41, 5.74) is 6.05. The number of anilines is 2. The highest BCUT2D eigenvalue weighted by Crippen LogP contribution is 2.15. The summed E-state index contributed by atoms with van der Waals surface area (Å²) in [7, 11) is 2.13. The van der Waals surface area contributed by atoms with E-state index >= 15 is 0 Å². The number of aromatic nitrogens is 1. The molecule has 0 aliphatic carbocycles. The van der Waals surface area contributed by atoms with Crippen molar-refractivity contribution < 1.29 is 4.79 Å². The molecule has 0 spiro atoms. The Kier molecular flexibility index (Phi) is 4.70. The van der Waals surface area contributed by atoms with Gasteiger partial charge in [-0.1, -0.05) is 0 Å². The van der Waals surface area contributed by atoms with Crippen molar-refractivity contribution in [3.8, 4) is 0 Å². The van der Waals surface area contributed by atoms with Crippen LogP contribution in [0.5, 0.6) is 0 Å². The summed E-state index contributed by atoms with van der Waals surface area (Å²) < 4.78 is 0. The Hall–Kier alpha value is -1.66. The van der Waals surface area contributed by atoms with E-state index in [0.717, 1.165) is 37.7 Å². The van der Waals surface area contributed by atoms with Gasteiger partial charge in [0.2, 0.25) is 5.91 Å². The number of hydrogen-bond acceptors (Lipinski definition) is 5. The number of hydrogen-bond donors (Lipinski definition) is 2. The monoisotopic (exact) mass is 263 g/mol. The molecule has 3 N–H and O–H groups in total. The number of carbonyl (C=O) groups excluding carboxylic acids is 1. The molecule has 1 aromatic heterocycles. The van der Waals surface area contributed by atoms with Crippen molar-refractivity contribution in [2.24, 2.45) is 5.73 Å². The van der Waals surface area contributed by atoms with Crippen LogP contribution in [0, 0.1) is 0 Å². The average Bonchev–Trinajstić information content (AvgIpc) is 2.41. The molecule has 2 heterocycles. The van der Waals surface area contributed by atoms with Gasteiger partial charge in [-0.25, -0.2) is 4.98 Å². The van der Waals surface area contributed by atoms with Gasteiger partial charge in [-0.3, -0.25) is 4.79 Å². The van der Waals surface area contributed by atoms with E-state index < -0.39 is 0 Å². The molecule has 1 aliphatic rings. The van der Waals surface area contributed by atoms with Crippen molar-refractivity contribution in [3.05, 3.63) is 18.3 Å². The summed E-state index contributed by atoms with van der Waals surface area (Å²) in [6.45, 7) is 4.44. The van der Waals surface area contributed by atoms with Gasteiger partial charge in [-0.05, 0) is 19.2 Å². The van der Waals surface area contributed by atoms with Crippen LogP contribution in [-0.2, 0) is 4.79 Å². The summed E-state index contributed by atoms with van der Waals surface area (Å²) in [4.78, 5) is 20.4. The number of pyridine rings is 1. The molecule has 0 bridgehead atoms. The predicted molar refractivity (Wildman–Crippen MR) is 76.2 cm³/mol. The number of likely N-dealkylation sites (N-methyl/N-ethyl adjacent to an activating group) is 1. The standard InChI is InChI=1S/C13H21N5O/c1-17-6-8-18(9-7-17)12-3-2-11(10-15-12)16-13(19)4-5-14/h2-3,10H,4-9,14H2,1H3,(H,16,19). The minimum absolute atomic E-state index is 0.0725. The van der Waals surface area contributed by atoms with Crippen LogP contribution in [0.15, 0.2) is 18.3 Å². The van der Waals surface area contributed by atoms with Crippen LogP contribution >= 0.6 is 0 Å². The maximum atomic E-state index is 11.4. The highest BCUT2D eigenvalue weighted by molar-refractivity contribution is 5.90. The fourth-order valence-corrected chi connectivity index (χ4v) is 2.04. The lowest BCUT2D eigenvalue weighted by Gasteiger charge is -2.33. The molecule has 1 amide bonds. The average molecular weight is 263 g/mol.